The van der Waals surface area contributed by atoms with Gasteiger partial charge in [0.1, 0.15) is 0 Å². The summed E-state index contributed by atoms with van der Waals surface area (Å²) >= 11 is 0. The van der Waals surface area contributed by atoms with Gasteiger partial charge in [0.05, 0.1) is 0 Å². The maximum atomic E-state index is 1.75. The molecule has 0 heterocycles. The molecule has 0 heteroatoms. The van der Waals surface area contributed by atoms with Gasteiger partial charge in [-0.25, -0.2) is 0 Å². The highest BCUT2D eigenvalue weighted by atomic mass is 14.8. The lowest BCUT2D eigenvalue weighted by Crippen LogP contribution is -2.72. The topological polar surface area (TPSA) is 0 Å². The summed E-state index contributed by atoms with van der Waals surface area (Å²) < 4.78 is 0. The Bertz CT molecular complexity index is 1030. The molecule has 0 aliphatic heterocycles. The van der Waals surface area contributed by atoms with Gasteiger partial charge >= 0.3 is 0 Å². The van der Waals surface area contributed by atoms with Crippen molar-refractivity contribution >= 4 is 0 Å². The first-order chi connectivity index (χ1) is 19.5. The maximum absolute atomic E-state index is 1.75. The Morgan fingerprint density at radius 1 is 0.300 bits per heavy atom. The van der Waals surface area contributed by atoms with Gasteiger partial charge in [-0.3, -0.25) is 0 Å². The molecule has 16 aliphatic carbocycles. The van der Waals surface area contributed by atoms with Gasteiger partial charge in [-0.15, -0.1) is 0 Å². The van der Waals surface area contributed by atoms with Gasteiger partial charge in [0.2, 0.25) is 0 Å². The van der Waals surface area contributed by atoms with Crippen molar-refractivity contribution in [2.45, 2.75) is 141 Å². The zero-order valence-corrected chi connectivity index (χ0v) is 25.6. The van der Waals surface area contributed by atoms with E-state index >= 15 is 0 Å². The van der Waals surface area contributed by atoms with Crippen molar-refractivity contribution in [1.82, 2.24) is 0 Å². The van der Waals surface area contributed by atoms with Gasteiger partial charge in [0, 0.05) is 0 Å². The summed E-state index contributed by atoms with van der Waals surface area (Å²) in [5, 5.41) is 0. The van der Waals surface area contributed by atoms with Crippen LogP contribution in [0.4, 0.5) is 0 Å². The van der Waals surface area contributed by atoms with Gasteiger partial charge in [0.15, 0.2) is 0 Å². The minimum atomic E-state index is 0.793. The van der Waals surface area contributed by atoms with Crippen LogP contribution in [0.5, 0.6) is 0 Å². The lowest BCUT2D eigenvalue weighted by Gasteiger charge is -2.80. The van der Waals surface area contributed by atoms with Crippen LogP contribution in [-0.2, 0) is 0 Å². The highest BCUT2D eigenvalue weighted by molar-refractivity contribution is 5.25. The van der Waals surface area contributed by atoms with E-state index in [1.807, 2.05) is 0 Å². The van der Waals surface area contributed by atoms with Crippen molar-refractivity contribution < 1.29 is 0 Å². The Balaban J connectivity index is 1.05. The molecule has 0 amide bonds. The summed E-state index contributed by atoms with van der Waals surface area (Å²) in [5.41, 5.74) is 3.20. The van der Waals surface area contributed by atoms with Gasteiger partial charge in [-0.1, -0.05) is 0 Å². The highest BCUT2D eigenvalue weighted by Crippen LogP contribution is 2.84. The van der Waals surface area contributed by atoms with Crippen molar-refractivity contribution in [3.05, 3.63) is 0 Å². The van der Waals surface area contributed by atoms with Crippen LogP contribution < -0.4 is 0 Å². The largest absolute Gasteiger partial charge is 0.0475 e. The quantitative estimate of drug-likeness (QED) is 0.335. The first-order valence-electron chi connectivity index (χ1n) is 19.5. The summed E-state index contributed by atoms with van der Waals surface area (Å²) in [7, 11) is 0. The van der Waals surface area contributed by atoms with E-state index < -0.39 is 0 Å². The van der Waals surface area contributed by atoms with Crippen LogP contribution in [0, 0.1) is 105 Å². The molecule has 0 aromatic rings. The second kappa shape index (κ2) is 7.27. The van der Waals surface area contributed by atoms with E-state index in [1.54, 1.807) is 141 Å². The number of hydrogen-bond donors (Lipinski definition) is 0. The van der Waals surface area contributed by atoms with Crippen LogP contribution in [-0.4, -0.2) is 0 Å². The molecule has 40 heavy (non-hydrogen) atoms. The smallest absolute Gasteiger partial charge is 0.0199 e. The molecule has 0 nitrogen and oxygen atoms in total. The van der Waals surface area contributed by atoms with Crippen LogP contribution in [0.3, 0.4) is 0 Å². The minimum absolute atomic E-state index is 0.793. The molecule has 218 valence electrons. The van der Waals surface area contributed by atoms with Crippen LogP contribution in [0.2, 0.25) is 0 Å². The Hall–Kier alpha value is 0. The molecule has 16 rings (SSSR count). The van der Waals surface area contributed by atoms with Crippen molar-refractivity contribution in [3.8, 4) is 0 Å². The molecule has 6 atom stereocenters. The molecule has 0 aromatic heterocycles. The van der Waals surface area contributed by atoms with E-state index in [-0.39, 0.29) is 0 Å². The molecule has 0 spiro atoms. The average molecular weight is 539 g/mol. The fourth-order valence-corrected chi connectivity index (χ4v) is 20.8. The Labute approximate surface area is 245 Å². The molecule has 0 aromatic carbocycles. The number of hydrogen-bond acceptors (Lipinski definition) is 0. The molecule has 16 bridgehead atoms. The van der Waals surface area contributed by atoms with Gasteiger partial charge in [-0.05, 0) is 246 Å². The summed E-state index contributed by atoms with van der Waals surface area (Å²) in [6, 6.07) is 0. The first kappa shape index (κ1) is 23.4. The second-order valence-electron chi connectivity index (χ2n) is 21.0. The molecular weight excluding hydrogens is 480 g/mol. The van der Waals surface area contributed by atoms with Crippen molar-refractivity contribution in [2.24, 2.45) is 105 Å². The predicted octanol–water partition coefficient (Wildman–Crippen LogP) is 10.3. The number of rotatable bonds is 3. The molecular formula is C40H58. The second-order valence-corrected chi connectivity index (χ2v) is 21.0. The van der Waals surface area contributed by atoms with E-state index in [4.69, 9.17) is 0 Å². The fourth-order valence-electron chi connectivity index (χ4n) is 20.8. The molecule has 0 radical (unpaired) electrons. The zero-order valence-electron chi connectivity index (χ0n) is 25.6. The van der Waals surface area contributed by atoms with E-state index in [9.17, 15) is 0 Å². The van der Waals surface area contributed by atoms with Crippen LogP contribution in [0.1, 0.15) is 141 Å². The van der Waals surface area contributed by atoms with E-state index in [1.165, 1.54) is 11.8 Å². The van der Waals surface area contributed by atoms with E-state index in [0.717, 1.165) is 92.7 Å². The molecule has 0 saturated heterocycles. The standard InChI is InChI=1S/C40H58/c1-23-2-25-3-24(1)14-37(13-23,15-25)35-33-9-29-7-30(10-33)20-39(35,19-29)36-34-11-31-8-32(12-34)22-40(36,21-31)38-16-26-4-27(17-38)6-28(5-26)18-38/h23-36H,1-22H2. The fraction of sp³-hybridized carbons (Fsp3) is 1.00. The lowest BCUT2D eigenvalue weighted by atomic mass is 9.25. The summed E-state index contributed by atoms with van der Waals surface area (Å²) in [6.07, 6.45) is 37.3. The normalized spacial score (nSPS) is 70.2. The lowest BCUT2D eigenvalue weighted by molar-refractivity contribution is -0.309. The monoisotopic (exact) mass is 538 g/mol. The first-order valence-corrected chi connectivity index (χ1v) is 19.5. The Kier molecular flexibility index (Phi) is 4.25. The van der Waals surface area contributed by atoms with Gasteiger partial charge < -0.3 is 0 Å². The van der Waals surface area contributed by atoms with Crippen LogP contribution in [0.15, 0.2) is 0 Å². The Morgan fingerprint density at radius 3 is 1.10 bits per heavy atom. The Morgan fingerprint density at radius 2 is 0.650 bits per heavy atom. The average Bonchev–Trinajstić information content (AvgIpc) is 2.85. The third kappa shape index (κ3) is 2.69. The molecule has 0 N–H and O–H groups in total. The van der Waals surface area contributed by atoms with Crippen molar-refractivity contribution in [3.63, 3.8) is 0 Å². The summed E-state index contributed by atoms with van der Waals surface area (Å²) in [4.78, 5) is 0. The molecule has 16 aliphatic rings. The third-order valence-electron chi connectivity index (χ3n) is 19.1. The predicted molar refractivity (Wildman–Crippen MR) is 160 cm³/mol. The third-order valence-corrected chi connectivity index (χ3v) is 19.1. The SMILES string of the molecule is C1C2CC3CC1CC(C1C4CC5CC(C4)CC1(C1C4CC6CC(C4)CC1(C14CC7CC(CC(C7)C1)C4)C6)C5)(C2)C3. The minimum Gasteiger partial charge on any atom is -0.0475 e. The van der Waals surface area contributed by atoms with Crippen LogP contribution >= 0.6 is 0 Å². The van der Waals surface area contributed by atoms with Gasteiger partial charge in [-0.2, -0.15) is 0 Å². The van der Waals surface area contributed by atoms with E-state index in [0.29, 0.717) is 0 Å². The molecule has 16 saturated carbocycles. The highest BCUT2D eigenvalue weighted by Gasteiger charge is 2.76. The molecule has 6 unspecified atom stereocenters. The van der Waals surface area contributed by atoms with Crippen molar-refractivity contribution in [2.75, 3.05) is 0 Å². The van der Waals surface area contributed by atoms with Crippen molar-refractivity contribution in [1.29, 1.82) is 0 Å². The molecule has 16 fully saturated rings. The van der Waals surface area contributed by atoms with Gasteiger partial charge in [0.25, 0.3) is 0 Å². The zero-order chi connectivity index (χ0) is 25.6. The summed E-state index contributed by atoms with van der Waals surface area (Å²) in [6.45, 7) is 0. The maximum Gasteiger partial charge on any atom is -0.0199 e. The van der Waals surface area contributed by atoms with Crippen LogP contribution in [0.25, 0.3) is 0 Å². The summed E-state index contributed by atoms with van der Waals surface area (Å²) in [5.74, 6) is 16.2. The van der Waals surface area contributed by atoms with E-state index in [2.05, 4.69) is 0 Å².